The summed E-state index contributed by atoms with van der Waals surface area (Å²) < 4.78 is 0. The summed E-state index contributed by atoms with van der Waals surface area (Å²) in [5, 5.41) is 2.89. The van der Waals surface area contributed by atoms with Gasteiger partial charge in [0.2, 0.25) is 11.8 Å². The van der Waals surface area contributed by atoms with Crippen molar-refractivity contribution in [1.82, 2.24) is 25.0 Å². The minimum Gasteiger partial charge on any atom is -0.353 e. The van der Waals surface area contributed by atoms with Crippen molar-refractivity contribution in [2.75, 3.05) is 45.8 Å². The number of carbonyl (C=O) groups is 2. The van der Waals surface area contributed by atoms with Gasteiger partial charge in [-0.2, -0.15) is 0 Å². The van der Waals surface area contributed by atoms with E-state index in [4.69, 9.17) is 0 Å². The lowest BCUT2D eigenvalue weighted by molar-refractivity contribution is -0.138. The average molecular weight is 359 g/mol. The molecule has 3 rings (SSSR count). The molecule has 1 aromatic heterocycles. The third kappa shape index (κ3) is 4.80. The summed E-state index contributed by atoms with van der Waals surface area (Å²) in [5.74, 6) is 0.0804. The average Bonchev–Trinajstić information content (AvgIpc) is 2.90. The van der Waals surface area contributed by atoms with Gasteiger partial charge in [-0.3, -0.25) is 24.4 Å². The highest BCUT2D eigenvalue weighted by molar-refractivity contribution is 5.88. The predicted molar refractivity (Wildman–Crippen MR) is 99.4 cm³/mol. The van der Waals surface area contributed by atoms with Crippen LogP contribution in [0.2, 0.25) is 0 Å². The molecule has 3 heterocycles. The van der Waals surface area contributed by atoms with Gasteiger partial charge in [-0.15, -0.1) is 0 Å². The highest BCUT2D eigenvalue weighted by Crippen LogP contribution is 2.13. The molecule has 1 atom stereocenters. The predicted octanol–water partition coefficient (Wildman–Crippen LogP) is 0.326. The van der Waals surface area contributed by atoms with Gasteiger partial charge in [0.25, 0.3) is 0 Å². The molecule has 0 aromatic carbocycles. The minimum absolute atomic E-state index is 0.0133. The number of piperazine rings is 1. The van der Waals surface area contributed by atoms with E-state index in [-0.39, 0.29) is 24.3 Å². The van der Waals surface area contributed by atoms with Crippen molar-refractivity contribution in [1.29, 1.82) is 0 Å². The quantitative estimate of drug-likeness (QED) is 0.820. The molecule has 0 bridgehead atoms. The van der Waals surface area contributed by atoms with Crippen LogP contribution in [0.4, 0.5) is 0 Å². The van der Waals surface area contributed by atoms with Crippen LogP contribution in [0, 0.1) is 0 Å². The molecular formula is C19H29N5O2. The molecule has 7 nitrogen and oxygen atoms in total. The molecule has 2 fully saturated rings. The summed E-state index contributed by atoms with van der Waals surface area (Å²) in [6, 6.07) is 3.75. The van der Waals surface area contributed by atoms with E-state index in [0.29, 0.717) is 6.54 Å². The summed E-state index contributed by atoms with van der Waals surface area (Å²) in [6.07, 6.45) is 4.88. The number of carbonyl (C=O) groups excluding carboxylic acids is 2. The number of aromatic nitrogens is 1. The molecule has 7 heteroatoms. The second-order valence-electron chi connectivity index (χ2n) is 7.01. The Morgan fingerprint density at radius 2 is 2.00 bits per heavy atom. The van der Waals surface area contributed by atoms with Crippen LogP contribution in [-0.4, -0.2) is 83.4 Å². The Balaban J connectivity index is 1.53. The third-order valence-corrected chi connectivity index (χ3v) is 5.31. The van der Waals surface area contributed by atoms with Crippen molar-refractivity contribution in [2.24, 2.45) is 0 Å². The van der Waals surface area contributed by atoms with Crippen LogP contribution in [0.25, 0.3) is 0 Å². The third-order valence-electron chi connectivity index (χ3n) is 5.31. The van der Waals surface area contributed by atoms with E-state index in [1.54, 1.807) is 0 Å². The Kier molecular flexibility index (Phi) is 6.57. The first-order valence-electron chi connectivity index (χ1n) is 9.58. The molecule has 0 unspecified atom stereocenters. The topological polar surface area (TPSA) is 68.8 Å². The molecule has 2 saturated heterocycles. The smallest absolute Gasteiger partial charge is 0.237 e. The van der Waals surface area contributed by atoms with Crippen molar-refractivity contribution >= 4 is 11.8 Å². The lowest BCUT2D eigenvalue weighted by Crippen LogP contribution is -2.56. The second-order valence-corrected chi connectivity index (χ2v) is 7.01. The first kappa shape index (κ1) is 18.8. The largest absolute Gasteiger partial charge is 0.353 e. The summed E-state index contributed by atoms with van der Waals surface area (Å²) >= 11 is 0. The normalized spacial score (nSPS) is 22.7. The highest BCUT2D eigenvalue weighted by Gasteiger charge is 2.32. The van der Waals surface area contributed by atoms with Gasteiger partial charge in [0, 0.05) is 58.2 Å². The Bertz CT molecular complexity index is 609. The van der Waals surface area contributed by atoms with Crippen LogP contribution in [0.1, 0.15) is 25.3 Å². The number of amides is 2. The van der Waals surface area contributed by atoms with Gasteiger partial charge in [0.1, 0.15) is 0 Å². The zero-order chi connectivity index (χ0) is 18.4. The van der Waals surface area contributed by atoms with E-state index in [1.165, 1.54) is 5.56 Å². The van der Waals surface area contributed by atoms with Crippen LogP contribution < -0.4 is 5.32 Å². The molecule has 2 aliphatic rings. The number of hydrogen-bond donors (Lipinski definition) is 1. The number of rotatable bonds is 5. The zero-order valence-electron chi connectivity index (χ0n) is 15.6. The van der Waals surface area contributed by atoms with Gasteiger partial charge in [-0.25, -0.2) is 0 Å². The van der Waals surface area contributed by atoms with Crippen LogP contribution in [0.5, 0.6) is 0 Å². The number of pyridine rings is 1. The summed E-state index contributed by atoms with van der Waals surface area (Å²) in [4.78, 5) is 35.4. The van der Waals surface area contributed by atoms with Gasteiger partial charge in [-0.05, 0) is 30.7 Å². The number of nitrogens with zero attached hydrogens (tertiary/aromatic N) is 4. The molecule has 0 aliphatic carbocycles. The van der Waals surface area contributed by atoms with Gasteiger partial charge in [0.05, 0.1) is 12.5 Å². The molecule has 0 spiro atoms. The fourth-order valence-electron chi connectivity index (χ4n) is 3.78. The highest BCUT2D eigenvalue weighted by atomic mass is 16.2. The van der Waals surface area contributed by atoms with Gasteiger partial charge in [-0.1, -0.05) is 6.92 Å². The molecule has 1 aromatic rings. The van der Waals surface area contributed by atoms with E-state index in [1.807, 2.05) is 36.4 Å². The first-order valence-corrected chi connectivity index (χ1v) is 9.58. The van der Waals surface area contributed by atoms with Crippen LogP contribution >= 0.6 is 0 Å². The maximum Gasteiger partial charge on any atom is 0.237 e. The van der Waals surface area contributed by atoms with Gasteiger partial charge >= 0.3 is 0 Å². The van der Waals surface area contributed by atoms with E-state index in [0.717, 1.165) is 52.2 Å². The van der Waals surface area contributed by atoms with E-state index < -0.39 is 0 Å². The molecule has 26 heavy (non-hydrogen) atoms. The van der Waals surface area contributed by atoms with Crippen molar-refractivity contribution in [3.63, 3.8) is 0 Å². The molecule has 1 N–H and O–H groups in total. The molecule has 142 valence electrons. The summed E-state index contributed by atoms with van der Waals surface area (Å²) in [7, 11) is 0. The van der Waals surface area contributed by atoms with Crippen LogP contribution in [-0.2, 0) is 16.1 Å². The van der Waals surface area contributed by atoms with Crippen LogP contribution in [0.15, 0.2) is 24.5 Å². The van der Waals surface area contributed by atoms with Crippen molar-refractivity contribution in [3.05, 3.63) is 30.1 Å². The first-order chi connectivity index (χ1) is 12.7. The Hall–Kier alpha value is -1.99. The zero-order valence-corrected chi connectivity index (χ0v) is 15.6. The number of nitrogens with one attached hydrogen (secondary N) is 1. The molecule has 0 saturated carbocycles. The van der Waals surface area contributed by atoms with Crippen LogP contribution in [0.3, 0.4) is 0 Å². The maximum absolute atomic E-state index is 12.8. The molecule has 2 aliphatic heterocycles. The molecule has 2 amide bonds. The second kappa shape index (κ2) is 9.09. The fraction of sp³-hybridized carbons (Fsp3) is 0.632. The van der Waals surface area contributed by atoms with Crippen molar-refractivity contribution < 1.29 is 9.59 Å². The Labute approximate surface area is 155 Å². The summed E-state index contributed by atoms with van der Waals surface area (Å²) in [6.45, 7) is 8.56. The van der Waals surface area contributed by atoms with Crippen molar-refractivity contribution in [2.45, 2.75) is 32.4 Å². The van der Waals surface area contributed by atoms with Crippen molar-refractivity contribution in [3.8, 4) is 0 Å². The van der Waals surface area contributed by atoms with Gasteiger partial charge < -0.3 is 10.2 Å². The lowest BCUT2D eigenvalue weighted by Gasteiger charge is -2.34. The minimum atomic E-state index is -0.322. The number of hydrogen-bond acceptors (Lipinski definition) is 5. The monoisotopic (exact) mass is 359 g/mol. The fourth-order valence-corrected chi connectivity index (χ4v) is 3.78. The van der Waals surface area contributed by atoms with Gasteiger partial charge in [0.15, 0.2) is 0 Å². The van der Waals surface area contributed by atoms with E-state index in [9.17, 15) is 9.59 Å². The van der Waals surface area contributed by atoms with E-state index >= 15 is 0 Å². The van der Waals surface area contributed by atoms with E-state index in [2.05, 4.69) is 20.1 Å². The maximum atomic E-state index is 12.8. The lowest BCUT2D eigenvalue weighted by atomic mass is 10.1. The molecule has 0 radical (unpaired) electrons. The SMILES string of the molecule is CCN1CCNC(=O)[C@@H]1CC(=O)N1CCCN(Cc2ccncc2)CC1. The standard InChI is InChI=1S/C19H29N5O2/c1-2-23-11-8-21-19(26)17(23)14-18(25)24-10-3-9-22(12-13-24)15-16-4-6-20-7-5-16/h4-7,17H,2-3,8-15H2,1H3,(H,21,26)/t17-/m0/s1. The number of likely N-dealkylation sites (N-methyl/N-ethyl adjacent to an activating group) is 1. The Morgan fingerprint density at radius 3 is 2.77 bits per heavy atom. The molecular weight excluding hydrogens is 330 g/mol. The summed E-state index contributed by atoms with van der Waals surface area (Å²) in [5.41, 5.74) is 1.25. The Morgan fingerprint density at radius 1 is 1.19 bits per heavy atom.